The van der Waals surface area contributed by atoms with Crippen LogP contribution in [-0.2, 0) is 10.0 Å². The van der Waals surface area contributed by atoms with Gasteiger partial charge in [-0.15, -0.1) is 0 Å². The monoisotopic (exact) mass is 335 g/mol. The molecule has 8 heteroatoms. The summed E-state index contributed by atoms with van der Waals surface area (Å²) >= 11 is 0. The predicted octanol–water partition coefficient (Wildman–Crippen LogP) is 1.69. The zero-order valence-electron chi connectivity index (χ0n) is 12.7. The number of hydrogen-bond acceptors (Lipinski definition) is 5. The largest absolute Gasteiger partial charge is 0.493 e. The van der Waals surface area contributed by atoms with Crippen LogP contribution in [0, 0.1) is 6.92 Å². The summed E-state index contributed by atoms with van der Waals surface area (Å²) in [7, 11) is -3.88. The molecule has 3 N–H and O–H groups in total. The molecule has 122 valence electrons. The van der Waals surface area contributed by atoms with Gasteiger partial charge in [0.25, 0.3) is 15.9 Å². The van der Waals surface area contributed by atoms with E-state index >= 15 is 0 Å². The van der Waals surface area contributed by atoms with Gasteiger partial charge in [-0.05, 0) is 43.7 Å². The molecule has 1 aromatic carbocycles. The fourth-order valence-electron chi connectivity index (χ4n) is 1.92. The number of sulfonamides is 1. The Balaban J connectivity index is 2.42. The smallest absolute Gasteiger partial charge is 0.261 e. The van der Waals surface area contributed by atoms with Gasteiger partial charge in [0.2, 0.25) is 0 Å². The van der Waals surface area contributed by atoms with E-state index in [4.69, 9.17) is 10.5 Å². The molecule has 0 aliphatic heterocycles. The highest BCUT2D eigenvalue weighted by Gasteiger charge is 2.19. The molecule has 2 aromatic rings. The standard InChI is InChI=1S/C15H17N3O4S/c1-3-22-14-5-4-11(8-12(14)15(16)19)23(20,21)18-13-9-17-7-6-10(13)2/h4-9,18H,3H2,1-2H3,(H2,16,19). The average Bonchev–Trinajstić information content (AvgIpc) is 2.50. The van der Waals surface area contributed by atoms with Crippen LogP contribution in [-0.4, -0.2) is 25.9 Å². The third-order valence-electron chi connectivity index (χ3n) is 3.11. The summed E-state index contributed by atoms with van der Waals surface area (Å²) in [6.07, 6.45) is 2.98. The number of anilines is 1. The second kappa shape index (κ2) is 6.66. The maximum absolute atomic E-state index is 12.5. The first-order valence-corrected chi connectivity index (χ1v) is 8.33. The number of carbonyl (C=O) groups excluding carboxylic acids is 1. The summed E-state index contributed by atoms with van der Waals surface area (Å²) in [5.41, 5.74) is 6.39. The second-order valence-corrected chi connectivity index (χ2v) is 6.43. The summed E-state index contributed by atoms with van der Waals surface area (Å²) in [4.78, 5) is 15.3. The molecule has 0 saturated carbocycles. The lowest BCUT2D eigenvalue weighted by Gasteiger charge is -2.12. The van der Waals surface area contributed by atoms with Gasteiger partial charge in [0.15, 0.2) is 0 Å². The highest BCUT2D eigenvalue weighted by Crippen LogP contribution is 2.24. The molecule has 0 fully saturated rings. The number of aromatic nitrogens is 1. The van der Waals surface area contributed by atoms with Crippen molar-refractivity contribution in [2.24, 2.45) is 5.73 Å². The van der Waals surface area contributed by atoms with Gasteiger partial charge in [0.05, 0.1) is 29.0 Å². The van der Waals surface area contributed by atoms with Gasteiger partial charge >= 0.3 is 0 Å². The van der Waals surface area contributed by atoms with Gasteiger partial charge in [-0.1, -0.05) is 0 Å². The average molecular weight is 335 g/mol. The maximum Gasteiger partial charge on any atom is 0.261 e. The van der Waals surface area contributed by atoms with Crippen LogP contribution in [0.3, 0.4) is 0 Å². The van der Waals surface area contributed by atoms with Crippen molar-refractivity contribution >= 4 is 21.6 Å². The Labute approximate surface area is 134 Å². The second-order valence-electron chi connectivity index (χ2n) is 4.75. The number of benzene rings is 1. The third-order valence-corrected chi connectivity index (χ3v) is 4.47. The number of rotatable bonds is 6. The van der Waals surface area contributed by atoms with E-state index in [1.807, 2.05) is 0 Å². The van der Waals surface area contributed by atoms with E-state index < -0.39 is 15.9 Å². The molecule has 0 radical (unpaired) electrons. The van der Waals surface area contributed by atoms with Gasteiger partial charge in [-0.3, -0.25) is 14.5 Å². The summed E-state index contributed by atoms with van der Waals surface area (Å²) in [6, 6.07) is 5.64. The molecule has 0 spiro atoms. The Morgan fingerprint density at radius 3 is 2.70 bits per heavy atom. The number of nitrogens with one attached hydrogen (secondary N) is 1. The van der Waals surface area contributed by atoms with Crippen LogP contribution >= 0.6 is 0 Å². The van der Waals surface area contributed by atoms with Crippen molar-refractivity contribution in [3.05, 3.63) is 47.8 Å². The highest BCUT2D eigenvalue weighted by molar-refractivity contribution is 7.92. The summed E-state index contributed by atoms with van der Waals surface area (Å²) < 4.78 is 32.6. The van der Waals surface area contributed by atoms with Crippen molar-refractivity contribution in [2.45, 2.75) is 18.7 Å². The SMILES string of the molecule is CCOc1ccc(S(=O)(=O)Nc2cnccc2C)cc1C(N)=O. The minimum atomic E-state index is -3.88. The molecule has 1 amide bonds. The first kappa shape index (κ1) is 16.8. The van der Waals surface area contributed by atoms with E-state index in [1.165, 1.54) is 24.4 Å². The molecule has 7 nitrogen and oxygen atoms in total. The highest BCUT2D eigenvalue weighted by atomic mass is 32.2. The minimum absolute atomic E-state index is 0.0117. The molecule has 0 aliphatic rings. The molecular formula is C15H17N3O4S. The van der Waals surface area contributed by atoms with Crippen LogP contribution in [0.5, 0.6) is 5.75 Å². The minimum Gasteiger partial charge on any atom is -0.493 e. The molecule has 0 saturated heterocycles. The van der Waals surface area contributed by atoms with Crippen LogP contribution in [0.15, 0.2) is 41.6 Å². The number of aryl methyl sites for hydroxylation is 1. The Hall–Kier alpha value is -2.61. The summed E-state index contributed by atoms with van der Waals surface area (Å²) in [5.74, 6) is -0.514. The predicted molar refractivity (Wildman–Crippen MR) is 85.9 cm³/mol. The Morgan fingerprint density at radius 2 is 2.09 bits per heavy atom. The maximum atomic E-state index is 12.5. The number of hydrogen-bond donors (Lipinski definition) is 2. The Morgan fingerprint density at radius 1 is 1.35 bits per heavy atom. The lowest BCUT2D eigenvalue weighted by atomic mass is 10.2. The molecule has 2 rings (SSSR count). The van der Waals surface area contributed by atoms with Crippen molar-refractivity contribution in [1.29, 1.82) is 0 Å². The molecule has 1 aromatic heterocycles. The topological polar surface area (TPSA) is 111 Å². The first-order chi connectivity index (χ1) is 10.8. The molecule has 0 bridgehead atoms. The quantitative estimate of drug-likeness (QED) is 0.834. The lowest BCUT2D eigenvalue weighted by molar-refractivity contribution is 0.0996. The van der Waals surface area contributed by atoms with Gasteiger partial charge in [0, 0.05) is 6.20 Å². The number of ether oxygens (including phenoxy) is 1. The van der Waals surface area contributed by atoms with E-state index in [1.54, 1.807) is 26.1 Å². The number of primary amides is 1. The summed E-state index contributed by atoms with van der Waals surface area (Å²) in [5, 5.41) is 0. The summed E-state index contributed by atoms with van der Waals surface area (Å²) in [6.45, 7) is 3.84. The zero-order valence-corrected chi connectivity index (χ0v) is 13.6. The number of carbonyl (C=O) groups is 1. The van der Waals surface area contributed by atoms with E-state index in [-0.39, 0.29) is 16.2 Å². The number of nitrogens with two attached hydrogens (primary N) is 1. The number of amides is 1. The first-order valence-electron chi connectivity index (χ1n) is 6.85. The van der Waals surface area contributed by atoms with Crippen molar-refractivity contribution in [1.82, 2.24) is 4.98 Å². The van der Waals surface area contributed by atoms with Gasteiger partial charge in [0.1, 0.15) is 5.75 Å². The molecule has 0 aliphatic carbocycles. The van der Waals surface area contributed by atoms with Crippen LogP contribution in [0.2, 0.25) is 0 Å². The fraction of sp³-hybridized carbons (Fsp3) is 0.200. The van der Waals surface area contributed by atoms with E-state index in [0.29, 0.717) is 12.3 Å². The van der Waals surface area contributed by atoms with E-state index in [0.717, 1.165) is 5.56 Å². The molecule has 0 atom stereocenters. The third kappa shape index (κ3) is 3.78. The Bertz CT molecular complexity index is 834. The van der Waals surface area contributed by atoms with E-state index in [2.05, 4.69) is 9.71 Å². The van der Waals surface area contributed by atoms with Crippen molar-refractivity contribution < 1.29 is 17.9 Å². The number of nitrogens with zero attached hydrogens (tertiary/aromatic N) is 1. The lowest BCUT2D eigenvalue weighted by Crippen LogP contribution is -2.17. The van der Waals surface area contributed by atoms with Crippen LogP contribution in [0.25, 0.3) is 0 Å². The molecule has 23 heavy (non-hydrogen) atoms. The Kier molecular flexibility index (Phi) is 4.85. The normalized spacial score (nSPS) is 11.0. The van der Waals surface area contributed by atoms with E-state index in [9.17, 15) is 13.2 Å². The molecular weight excluding hydrogens is 318 g/mol. The number of pyridine rings is 1. The van der Waals surface area contributed by atoms with Crippen molar-refractivity contribution in [2.75, 3.05) is 11.3 Å². The van der Waals surface area contributed by atoms with Gasteiger partial charge in [-0.2, -0.15) is 0 Å². The molecule has 1 heterocycles. The van der Waals surface area contributed by atoms with Crippen LogP contribution in [0.1, 0.15) is 22.8 Å². The van der Waals surface area contributed by atoms with Crippen LogP contribution < -0.4 is 15.2 Å². The van der Waals surface area contributed by atoms with Crippen LogP contribution in [0.4, 0.5) is 5.69 Å². The fourth-order valence-corrected chi connectivity index (χ4v) is 3.07. The van der Waals surface area contributed by atoms with Crippen molar-refractivity contribution in [3.63, 3.8) is 0 Å². The zero-order chi connectivity index (χ0) is 17.0. The molecule has 0 unspecified atom stereocenters. The van der Waals surface area contributed by atoms with Gasteiger partial charge in [-0.25, -0.2) is 8.42 Å². The van der Waals surface area contributed by atoms with Gasteiger partial charge < -0.3 is 10.5 Å². The van der Waals surface area contributed by atoms with Crippen molar-refractivity contribution in [3.8, 4) is 5.75 Å².